The zero-order chi connectivity index (χ0) is 15.4. The molecule has 0 aromatic heterocycles. The van der Waals surface area contributed by atoms with Crippen LogP contribution in [0.5, 0.6) is 0 Å². The van der Waals surface area contributed by atoms with Crippen molar-refractivity contribution in [3.8, 4) is 0 Å². The van der Waals surface area contributed by atoms with Crippen LogP contribution in [0.4, 0.5) is 26.3 Å². The van der Waals surface area contributed by atoms with Crippen LogP contribution in [0.15, 0.2) is 35.9 Å². The predicted molar refractivity (Wildman–Crippen MR) is 66.7 cm³/mol. The Hall–Kier alpha value is -1.98. The molecule has 3 rings (SSSR count). The normalized spacial score (nSPS) is 15.2. The quantitative estimate of drug-likeness (QED) is 0.575. The maximum Gasteiger partial charge on any atom is 0.416 e. The zero-order valence-electron chi connectivity index (χ0n) is 10.4. The lowest BCUT2D eigenvalue weighted by atomic mass is 9.87. The lowest BCUT2D eigenvalue weighted by Crippen LogP contribution is -2.16. The maximum absolute atomic E-state index is 12.9. The smallest absolute Gasteiger partial charge is 0.166 e. The molecule has 1 aliphatic rings. The van der Waals surface area contributed by atoms with Crippen LogP contribution in [0, 0.1) is 0 Å². The number of allylic oxidation sites excluding steroid dienone is 1. The fraction of sp³-hybridized carbons (Fsp3) is 0.200. The molecule has 0 atom stereocenters. The van der Waals surface area contributed by atoms with Gasteiger partial charge in [-0.25, -0.2) is 0 Å². The Bertz CT molecular complexity index is 749. The van der Waals surface area contributed by atoms with E-state index in [0.717, 1.165) is 18.2 Å². The Morgan fingerprint density at radius 1 is 0.857 bits per heavy atom. The van der Waals surface area contributed by atoms with Crippen molar-refractivity contribution in [2.75, 3.05) is 0 Å². The van der Waals surface area contributed by atoms with Crippen molar-refractivity contribution < 1.29 is 26.3 Å². The van der Waals surface area contributed by atoms with Gasteiger partial charge in [-0.05, 0) is 40.1 Å². The minimum Gasteiger partial charge on any atom is -0.166 e. The summed E-state index contributed by atoms with van der Waals surface area (Å²) in [4.78, 5) is 0. The van der Waals surface area contributed by atoms with Crippen molar-refractivity contribution >= 4 is 16.8 Å². The third kappa shape index (κ3) is 2.39. The summed E-state index contributed by atoms with van der Waals surface area (Å²) < 4.78 is 77.1. The number of alkyl halides is 6. The van der Waals surface area contributed by atoms with Gasteiger partial charge >= 0.3 is 12.4 Å². The highest BCUT2D eigenvalue weighted by atomic mass is 19.4. The monoisotopic (exact) mass is 302 g/mol. The highest BCUT2D eigenvalue weighted by Crippen LogP contribution is 2.41. The van der Waals surface area contributed by atoms with Crippen LogP contribution < -0.4 is 0 Å². The molecule has 2 aromatic rings. The van der Waals surface area contributed by atoms with Gasteiger partial charge in [-0.2, -0.15) is 26.3 Å². The first kappa shape index (κ1) is 14.0. The first-order valence-electron chi connectivity index (χ1n) is 6.07. The van der Waals surface area contributed by atoms with Crippen molar-refractivity contribution in [1.82, 2.24) is 0 Å². The predicted octanol–water partition coefficient (Wildman–Crippen LogP) is 5.36. The average Bonchev–Trinajstić information content (AvgIpc) is 2.36. The summed E-state index contributed by atoms with van der Waals surface area (Å²) in [6.07, 6.45) is -8.65. The fourth-order valence-corrected chi connectivity index (χ4v) is 2.59. The highest BCUT2D eigenvalue weighted by molar-refractivity contribution is 5.96. The largest absolute Gasteiger partial charge is 0.416 e. The number of benzene rings is 2. The molecule has 0 N–H and O–H groups in total. The summed E-state index contributed by atoms with van der Waals surface area (Å²) in [6, 6.07) is 6.20. The van der Waals surface area contributed by atoms with Gasteiger partial charge in [0.25, 0.3) is 0 Å². The van der Waals surface area contributed by atoms with Crippen LogP contribution >= 0.6 is 0 Å². The summed E-state index contributed by atoms with van der Waals surface area (Å²) in [5.74, 6) is 0. The third-order valence-electron chi connectivity index (χ3n) is 3.50. The molecule has 0 radical (unpaired) electrons. The topological polar surface area (TPSA) is 0 Å². The molecule has 0 saturated carbocycles. The molecular weight excluding hydrogens is 294 g/mol. The van der Waals surface area contributed by atoms with E-state index in [1.807, 2.05) is 0 Å². The molecule has 0 saturated heterocycles. The van der Waals surface area contributed by atoms with Gasteiger partial charge < -0.3 is 0 Å². The fourth-order valence-electron chi connectivity index (χ4n) is 2.59. The van der Waals surface area contributed by atoms with Crippen LogP contribution in [0.3, 0.4) is 0 Å². The zero-order valence-corrected chi connectivity index (χ0v) is 10.4. The summed E-state index contributed by atoms with van der Waals surface area (Å²) in [5, 5.41) is 0.758. The van der Waals surface area contributed by atoms with E-state index in [-0.39, 0.29) is 12.0 Å². The Labute approximate surface area is 115 Å². The molecule has 110 valence electrons. The van der Waals surface area contributed by atoms with Crippen LogP contribution in [0.1, 0.15) is 16.7 Å². The Kier molecular flexibility index (Phi) is 2.83. The standard InChI is InChI=1S/C15H8F6/c16-14(17,18)11-4-8-2-1-3-9-5-12(15(19,20)21)7-10(6-11)13(8)9/h1-4,6-7H,5H2. The number of halogens is 6. The second kappa shape index (κ2) is 4.26. The first-order valence-corrected chi connectivity index (χ1v) is 6.07. The third-order valence-corrected chi connectivity index (χ3v) is 3.50. The van der Waals surface area contributed by atoms with Gasteiger partial charge in [-0.3, -0.25) is 0 Å². The first-order chi connectivity index (χ1) is 9.66. The van der Waals surface area contributed by atoms with Gasteiger partial charge in [-0.1, -0.05) is 18.2 Å². The Balaban J connectivity index is 2.31. The maximum atomic E-state index is 12.9. The van der Waals surface area contributed by atoms with Crippen LogP contribution in [0.25, 0.3) is 16.8 Å². The van der Waals surface area contributed by atoms with E-state index in [2.05, 4.69) is 0 Å². The summed E-state index contributed by atoms with van der Waals surface area (Å²) in [5.41, 5.74) is -1.41. The van der Waals surface area contributed by atoms with Crippen molar-refractivity contribution in [1.29, 1.82) is 0 Å². The molecule has 0 nitrogen and oxygen atoms in total. The molecule has 0 unspecified atom stereocenters. The minimum absolute atomic E-state index is 0.0333. The van der Waals surface area contributed by atoms with Crippen LogP contribution in [-0.4, -0.2) is 6.18 Å². The molecule has 6 heteroatoms. The van der Waals surface area contributed by atoms with Crippen molar-refractivity contribution in [3.63, 3.8) is 0 Å². The van der Waals surface area contributed by atoms with Crippen molar-refractivity contribution in [3.05, 3.63) is 52.6 Å². The lowest BCUT2D eigenvalue weighted by Gasteiger charge is -2.21. The Morgan fingerprint density at radius 3 is 2.19 bits per heavy atom. The number of rotatable bonds is 0. The van der Waals surface area contributed by atoms with Gasteiger partial charge in [0.05, 0.1) is 5.56 Å². The van der Waals surface area contributed by atoms with E-state index in [0.29, 0.717) is 16.3 Å². The van der Waals surface area contributed by atoms with Crippen molar-refractivity contribution in [2.24, 2.45) is 0 Å². The molecule has 0 amide bonds. The van der Waals surface area contributed by atoms with Gasteiger partial charge in [0, 0.05) is 12.0 Å². The molecule has 21 heavy (non-hydrogen) atoms. The van der Waals surface area contributed by atoms with Crippen molar-refractivity contribution in [2.45, 2.75) is 18.8 Å². The number of hydrogen-bond donors (Lipinski definition) is 0. The average molecular weight is 302 g/mol. The molecule has 2 aromatic carbocycles. The summed E-state index contributed by atoms with van der Waals surface area (Å²) >= 11 is 0. The molecular formula is C15H8F6. The van der Waals surface area contributed by atoms with Crippen LogP contribution in [-0.2, 0) is 12.6 Å². The second-order valence-corrected chi connectivity index (χ2v) is 4.92. The highest BCUT2D eigenvalue weighted by Gasteiger charge is 2.37. The van der Waals surface area contributed by atoms with E-state index in [1.165, 1.54) is 18.2 Å². The molecule has 0 aliphatic heterocycles. The van der Waals surface area contributed by atoms with E-state index >= 15 is 0 Å². The molecule has 0 bridgehead atoms. The molecule has 0 spiro atoms. The van der Waals surface area contributed by atoms with E-state index in [9.17, 15) is 26.3 Å². The second-order valence-electron chi connectivity index (χ2n) is 4.92. The van der Waals surface area contributed by atoms with E-state index < -0.39 is 23.5 Å². The summed E-state index contributed by atoms with van der Waals surface area (Å²) in [7, 11) is 0. The number of hydrogen-bond acceptors (Lipinski definition) is 0. The molecule has 0 fully saturated rings. The SMILES string of the molecule is FC(F)(F)C1=Cc2cc(C(F)(F)F)cc3cccc(c23)C1. The van der Waals surface area contributed by atoms with E-state index in [1.54, 1.807) is 0 Å². The van der Waals surface area contributed by atoms with Gasteiger partial charge in [0.2, 0.25) is 0 Å². The Morgan fingerprint density at radius 2 is 1.57 bits per heavy atom. The van der Waals surface area contributed by atoms with Gasteiger partial charge in [0.1, 0.15) is 0 Å². The molecule has 0 heterocycles. The van der Waals surface area contributed by atoms with E-state index in [4.69, 9.17) is 0 Å². The van der Waals surface area contributed by atoms with Gasteiger partial charge in [0.15, 0.2) is 0 Å². The van der Waals surface area contributed by atoms with Gasteiger partial charge in [-0.15, -0.1) is 0 Å². The minimum atomic E-state index is -4.59. The van der Waals surface area contributed by atoms with Crippen LogP contribution in [0.2, 0.25) is 0 Å². The lowest BCUT2D eigenvalue weighted by molar-refractivity contribution is -0.137. The summed E-state index contributed by atoms with van der Waals surface area (Å²) in [6.45, 7) is 0. The molecule has 1 aliphatic carbocycles.